The van der Waals surface area contributed by atoms with Crippen molar-refractivity contribution in [2.24, 2.45) is 0 Å². The number of hydrogen-bond donors (Lipinski definition) is 3. The summed E-state index contributed by atoms with van der Waals surface area (Å²) in [6, 6.07) is 3.52. The van der Waals surface area contributed by atoms with E-state index < -0.39 is 6.10 Å². The van der Waals surface area contributed by atoms with Gasteiger partial charge in [0.1, 0.15) is 5.75 Å². The van der Waals surface area contributed by atoms with E-state index >= 15 is 0 Å². The van der Waals surface area contributed by atoms with Crippen molar-refractivity contribution in [3.8, 4) is 5.75 Å². The van der Waals surface area contributed by atoms with E-state index in [1.807, 2.05) is 6.92 Å². The van der Waals surface area contributed by atoms with Gasteiger partial charge < -0.3 is 20.3 Å². The average molecular weight is 246 g/mol. The van der Waals surface area contributed by atoms with Gasteiger partial charge in [-0.05, 0) is 24.6 Å². The summed E-state index contributed by atoms with van der Waals surface area (Å²) < 4.78 is 5.23. The van der Waals surface area contributed by atoms with Crippen LogP contribution in [0.3, 0.4) is 0 Å². The first kappa shape index (κ1) is 13.1. The van der Waals surface area contributed by atoms with Gasteiger partial charge in [0.2, 0.25) is 0 Å². The first-order valence-corrected chi connectivity index (χ1v) is 5.33. The fraction of sp³-hybridized carbons (Fsp3) is 0.455. The second kappa shape index (κ2) is 5.94. The van der Waals surface area contributed by atoms with Crippen molar-refractivity contribution in [2.75, 3.05) is 25.6 Å². The van der Waals surface area contributed by atoms with Gasteiger partial charge in [-0.1, -0.05) is 11.6 Å². The number of ether oxygens (including phenoxy) is 1. The standard InChI is InChI=1S/C11H16ClNO3/c1-7-3-8(12)4-10(11(7)16-2)13-5-9(15)6-14/h3-4,9,13-15H,5-6H2,1-2H3. The molecule has 0 amide bonds. The van der Waals surface area contributed by atoms with Crippen molar-refractivity contribution in [1.29, 1.82) is 0 Å². The summed E-state index contributed by atoms with van der Waals surface area (Å²) in [7, 11) is 1.57. The summed E-state index contributed by atoms with van der Waals surface area (Å²) in [5.74, 6) is 0.689. The molecule has 5 heteroatoms. The Balaban J connectivity index is 2.85. The monoisotopic (exact) mass is 245 g/mol. The molecule has 0 saturated carbocycles. The fourth-order valence-electron chi connectivity index (χ4n) is 1.42. The second-order valence-electron chi connectivity index (χ2n) is 3.52. The van der Waals surface area contributed by atoms with E-state index in [2.05, 4.69) is 5.32 Å². The van der Waals surface area contributed by atoms with Crippen LogP contribution >= 0.6 is 11.6 Å². The number of nitrogens with one attached hydrogen (secondary N) is 1. The van der Waals surface area contributed by atoms with Gasteiger partial charge in [-0.25, -0.2) is 0 Å². The first-order valence-electron chi connectivity index (χ1n) is 4.95. The van der Waals surface area contributed by atoms with Crippen LogP contribution in [0.5, 0.6) is 5.75 Å². The number of rotatable bonds is 5. The molecule has 0 fully saturated rings. The Morgan fingerprint density at radius 2 is 2.19 bits per heavy atom. The molecular formula is C11H16ClNO3. The molecule has 16 heavy (non-hydrogen) atoms. The highest BCUT2D eigenvalue weighted by Gasteiger charge is 2.09. The highest BCUT2D eigenvalue weighted by atomic mass is 35.5. The predicted molar refractivity (Wildman–Crippen MR) is 64.3 cm³/mol. The topological polar surface area (TPSA) is 61.7 Å². The molecule has 1 aromatic rings. The molecule has 0 aliphatic rings. The molecule has 0 aromatic heterocycles. The zero-order chi connectivity index (χ0) is 12.1. The van der Waals surface area contributed by atoms with Crippen LogP contribution in [0.1, 0.15) is 5.56 Å². The molecule has 0 bridgehead atoms. The number of aryl methyl sites for hydroxylation is 1. The molecule has 0 heterocycles. The summed E-state index contributed by atoms with van der Waals surface area (Å²) in [6.45, 7) is 1.85. The number of aliphatic hydroxyl groups is 2. The van der Waals surface area contributed by atoms with Gasteiger partial charge in [-0.2, -0.15) is 0 Å². The smallest absolute Gasteiger partial charge is 0.144 e. The molecule has 3 N–H and O–H groups in total. The summed E-state index contributed by atoms with van der Waals surface area (Å²) in [5.41, 5.74) is 1.62. The van der Waals surface area contributed by atoms with E-state index in [1.165, 1.54) is 0 Å². The maximum atomic E-state index is 9.24. The largest absolute Gasteiger partial charge is 0.494 e. The van der Waals surface area contributed by atoms with E-state index in [4.69, 9.17) is 21.4 Å². The van der Waals surface area contributed by atoms with Gasteiger partial charge >= 0.3 is 0 Å². The van der Waals surface area contributed by atoms with Gasteiger partial charge in [0, 0.05) is 11.6 Å². The van der Waals surface area contributed by atoms with Crippen LogP contribution in [0.2, 0.25) is 5.02 Å². The molecule has 1 unspecified atom stereocenters. The fourth-order valence-corrected chi connectivity index (χ4v) is 1.70. The Hall–Kier alpha value is -0.970. The van der Waals surface area contributed by atoms with Crippen LogP contribution in [-0.2, 0) is 0 Å². The SMILES string of the molecule is COc1c(C)cc(Cl)cc1NCC(O)CO. The highest BCUT2D eigenvalue weighted by Crippen LogP contribution is 2.31. The van der Waals surface area contributed by atoms with Crippen LogP contribution in [0.4, 0.5) is 5.69 Å². The lowest BCUT2D eigenvalue weighted by molar-refractivity contribution is 0.105. The van der Waals surface area contributed by atoms with Crippen molar-refractivity contribution in [1.82, 2.24) is 0 Å². The van der Waals surface area contributed by atoms with Crippen molar-refractivity contribution >= 4 is 17.3 Å². The third-order valence-corrected chi connectivity index (χ3v) is 2.40. The van der Waals surface area contributed by atoms with Gasteiger partial charge in [0.05, 0.1) is 25.5 Å². The van der Waals surface area contributed by atoms with Crippen LogP contribution < -0.4 is 10.1 Å². The van der Waals surface area contributed by atoms with Gasteiger partial charge in [0.15, 0.2) is 0 Å². The van der Waals surface area contributed by atoms with Crippen LogP contribution in [0, 0.1) is 6.92 Å². The Bertz CT molecular complexity index is 357. The average Bonchev–Trinajstić information content (AvgIpc) is 2.25. The Kier molecular flexibility index (Phi) is 4.86. The lowest BCUT2D eigenvalue weighted by Crippen LogP contribution is -2.23. The van der Waals surface area contributed by atoms with Gasteiger partial charge in [-0.3, -0.25) is 0 Å². The summed E-state index contributed by atoms with van der Waals surface area (Å²) in [5, 5.41) is 21.5. The maximum Gasteiger partial charge on any atom is 0.144 e. The molecule has 90 valence electrons. The molecule has 0 aliphatic carbocycles. The molecule has 1 rings (SSSR count). The van der Waals surface area contributed by atoms with Gasteiger partial charge in [-0.15, -0.1) is 0 Å². The Morgan fingerprint density at radius 3 is 2.75 bits per heavy atom. The summed E-state index contributed by atoms with van der Waals surface area (Å²) >= 11 is 5.92. The van der Waals surface area contributed by atoms with E-state index in [0.717, 1.165) is 5.56 Å². The van der Waals surface area contributed by atoms with E-state index in [0.29, 0.717) is 16.5 Å². The zero-order valence-electron chi connectivity index (χ0n) is 9.33. The Labute approximate surface area is 99.8 Å². The van der Waals surface area contributed by atoms with Crippen molar-refractivity contribution in [3.63, 3.8) is 0 Å². The van der Waals surface area contributed by atoms with Crippen LogP contribution in [0.25, 0.3) is 0 Å². The highest BCUT2D eigenvalue weighted by molar-refractivity contribution is 6.31. The predicted octanol–water partition coefficient (Wildman–Crippen LogP) is 1.42. The minimum atomic E-state index is -0.802. The van der Waals surface area contributed by atoms with E-state index in [-0.39, 0.29) is 13.2 Å². The Morgan fingerprint density at radius 1 is 1.50 bits per heavy atom. The van der Waals surface area contributed by atoms with Crippen molar-refractivity contribution in [2.45, 2.75) is 13.0 Å². The lowest BCUT2D eigenvalue weighted by Gasteiger charge is -2.15. The number of aliphatic hydroxyl groups excluding tert-OH is 2. The number of benzene rings is 1. The molecule has 1 atom stereocenters. The maximum absolute atomic E-state index is 9.24. The molecule has 4 nitrogen and oxygen atoms in total. The lowest BCUT2D eigenvalue weighted by atomic mass is 10.2. The zero-order valence-corrected chi connectivity index (χ0v) is 10.1. The van der Waals surface area contributed by atoms with Crippen LogP contribution in [-0.4, -0.2) is 36.6 Å². The molecule has 0 aliphatic heterocycles. The minimum absolute atomic E-state index is 0.243. The van der Waals surface area contributed by atoms with Gasteiger partial charge in [0.25, 0.3) is 0 Å². The number of hydrogen-bond acceptors (Lipinski definition) is 4. The van der Waals surface area contributed by atoms with Crippen LogP contribution in [0.15, 0.2) is 12.1 Å². The first-order chi connectivity index (χ1) is 7.58. The summed E-state index contributed by atoms with van der Waals surface area (Å²) in [6.07, 6.45) is -0.802. The second-order valence-corrected chi connectivity index (χ2v) is 3.96. The number of anilines is 1. The molecule has 0 saturated heterocycles. The minimum Gasteiger partial charge on any atom is -0.494 e. The van der Waals surface area contributed by atoms with Crippen molar-refractivity contribution < 1.29 is 14.9 Å². The van der Waals surface area contributed by atoms with E-state index in [9.17, 15) is 5.11 Å². The number of halogens is 1. The van der Waals surface area contributed by atoms with Crippen molar-refractivity contribution in [3.05, 3.63) is 22.7 Å². The third-order valence-electron chi connectivity index (χ3n) is 2.18. The quantitative estimate of drug-likeness (QED) is 0.734. The summed E-state index contributed by atoms with van der Waals surface area (Å²) in [4.78, 5) is 0. The van der Waals surface area contributed by atoms with E-state index in [1.54, 1.807) is 19.2 Å². The number of methoxy groups -OCH3 is 1. The molecular weight excluding hydrogens is 230 g/mol. The third kappa shape index (κ3) is 3.27. The molecule has 1 aromatic carbocycles. The molecule has 0 spiro atoms. The normalized spacial score (nSPS) is 12.3. The molecule has 0 radical (unpaired) electrons.